The van der Waals surface area contributed by atoms with E-state index in [4.69, 9.17) is 4.74 Å². The smallest absolute Gasteiger partial charge is 0.0593 e. The van der Waals surface area contributed by atoms with Gasteiger partial charge in [0.2, 0.25) is 0 Å². The highest BCUT2D eigenvalue weighted by Crippen LogP contribution is 1.99. The molecule has 0 aromatic heterocycles. The van der Waals surface area contributed by atoms with Crippen LogP contribution in [0.15, 0.2) is 0 Å². The zero-order valence-corrected chi connectivity index (χ0v) is 10.9. The molecular weight excluding hydrogens is 188 g/mol. The van der Waals surface area contributed by atoms with Crippen molar-refractivity contribution in [1.82, 2.24) is 10.2 Å². The van der Waals surface area contributed by atoms with E-state index in [2.05, 4.69) is 31.1 Å². The van der Waals surface area contributed by atoms with Crippen molar-refractivity contribution in [2.75, 3.05) is 39.9 Å². The lowest BCUT2D eigenvalue weighted by atomic mass is 10.2. The lowest BCUT2D eigenvalue weighted by molar-refractivity contribution is 0.108. The standard InChI is InChI=1S/C12H28N2O/c1-5-8-13-9-7-12(3)14(4)10-11-15-6-2/h12-13H,5-11H2,1-4H3. The Morgan fingerprint density at radius 3 is 2.60 bits per heavy atom. The fraction of sp³-hybridized carbons (Fsp3) is 1.00. The van der Waals surface area contributed by atoms with Crippen molar-refractivity contribution in [3.63, 3.8) is 0 Å². The molecule has 0 spiro atoms. The van der Waals surface area contributed by atoms with Crippen LogP contribution in [0.25, 0.3) is 0 Å². The highest BCUT2D eigenvalue weighted by Gasteiger charge is 2.07. The van der Waals surface area contributed by atoms with Gasteiger partial charge in [0.05, 0.1) is 6.61 Å². The van der Waals surface area contributed by atoms with Gasteiger partial charge < -0.3 is 15.0 Å². The minimum absolute atomic E-state index is 0.634. The Balaban J connectivity index is 3.38. The molecule has 0 aliphatic rings. The van der Waals surface area contributed by atoms with Crippen molar-refractivity contribution in [3.05, 3.63) is 0 Å². The Labute approximate surface area is 95.2 Å². The van der Waals surface area contributed by atoms with E-state index in [0.29, 0.717) is 6.04 Å². The van der Waals surface area contributed by atoms with Gasteiger partial charge in [-0.15, -0.1) is 0 Å². The van der Waals surface area contributed by atoms with Crippen LogP contribution in [0, 0.1) is 0 Å². The average Bonchev–Trinajstić information content (AvgIpc) is 2.24. The van der Waals surface area contributed by atoms with E-state index >= 15 is 0 Å². The highest BCUT2D eigenvalue weighted by atomic mass is 16.5. The van der Waals surface area contributed by atoms with Crippen molar-refractivity contribution < 1.29 is 4.74 Å². The van der Waals surface area contributed by atoms with Crippen LogP contribution in [0.2, 0.25) is 0 Å². The average molecular weight is 216 g/mol. The number of hydrogen-bond donors (Lipinski definition) is 1. The third-order valence-corrected chi connectivity index (χ3v) is 2.71. The number of likely N-dealkylation sites (N-methyl/N-ethyl adjacent to an activating group) is 1. The van der Waals surface area contributed by atoms with Crippen molar-refractivity contribution >= 4 is 0 Å². The molecule has 0 amide bonds. The number of hydrogen-bond acceptors (Lipinski definition) is 3. The molecule has 15 heavy (non-hydrogen) atoms. The molecule has 0 saturated carbocycles. The molecule has 0 rings (SSSR count). The highest BCUT2D eigenvalue weighted by molar-refractivity contribution is 4.64. The molecule has 0 aliphatic heterocycles. The maximum atomic E-state index is 5.34. The van der Waals surface area contributed by atoms with Crippen molar-refractivity contribution in [1.29, 1.82) is 0 Å². The normalized spacial score (nSPS) is 13.4. The summed E-state index contributed by atoms with van der Waals surface area (Å²) in [5.74, 6) is 0. The van der Waals surface area contributed by atoms with Crippen LogP contribution in [-0.4, -0.2) is 50.8 Å². The second kappa shape index (κ2) is 10.4. The summed E-state index contributed by atoms with van der Waals surface area (Å²) >= 11 is 0. The minimum Gasteiger partial charge on any atom is -0.380 e. The predicted octanol–water partition coefficient (Wildman–Crippen LogP) is 1.73. The first-order valence-corrected chi connectivity index (χ1v) is 6.21. The fourth-order valence-electron chi connectivity index (χ4n) is 1.41. The Bertz CT molecular complexity index is 131. The lowest BCUT2D eigenvalue weighted by Crippen LogP contribution is -2.34. The minimum atomic E-state index is 0.634. The zero-order chi connectivity index (χ0) is 11.5. The summed E-state index contributed by atoms with van der Waals surface area (Å²) < 4.78 is 5.34. The lowest BCUT2D eigenvalue weighted by Gasteiger charge is -2.24. The number of nitrogens with zero attached hydrogens (tertiary/aromatic N) is 1. The van der Waals surface area contributed by atoms with Crippen LogP contribution in [-0.2, 0) is 4.74 Å². The number of rotatable bonds is 10. The summed E-state index contributed by atoms with van der Waals surface area (Å²) in [6, 6.07) is 0.634. The first-order valence-electron chi connectivity index (χ1n) is 6.21. The zero-order valence-electron chi connectivity index (χ0n) is 10.9. The molecule has 0 fully saturated rings. The second-order valence-electron chi connectivity index (χ2n) is 4.07. The van der Waals surface area contributed by atoms with Gasteiger partial charge in [-0.3, -0.25) is 0 Å². The molecule has 0 aliphatic carbocycles. The van der Waals surface area contributed by atoms with Gasteiger partial charge in [-0.2, -0.15) is 0 Å². The molecule has 0 aromatic rings. The fourth-order valence-corrected chi connectivity index (χ4v) is 1.41. The molecule has 0 saturated heterocycles. The van der Waals surface area contributed by atoms with E-state index in [1.807, 2.05) is 6.92 Å². The van der Waals surface area contributed by atoms with E-state index in [-0.39, 0.29) is 0 Å². The summed E-state index contributed by atoms with van der Waals surface area (Å²) in [6.07, 6.45) is 2.43. The first kappa shape index (κ1) is 14.9. The summed E-state index contributed by atoms with van der Waals surface area (Å²) in [4.78, 5) is 2.36. The third kappa shape index (κ3) is 8.85. The van der Waals surface area contributed by atoms with Crippen molar-refractivity contribution in [3.8, 4) is 0 Å². The molecule has 1 unspecified atom stereocenters. The number of nitrogens with one attached hydrogen (secondary N) is 1. The topological polar surface area (TPSA) is 24.5 Å². The van der Waals surface area contributed by atoms with Crippen LogP contribution in [0.3, 0.4) is 0 Å². The van der Waals surface area contributed by atoms with Gasteiger partial charge in [-0.05, 0) is 46.8 Å². The van der Waals surface area contributed by atoms with Crippen LogP contribution in [0.4, 0.5) is 0 Å². The summed E-state index contributed by atoms with van der Waals surface area (Å²) in [7, 11) is 2.17. The number of ether oxygens (including phenoxy) is 1. The van der Waals surface area contributed by atoms with Gasteiger partial charge in [-0.1, -0.05) is 6.92 Å². The monoisotopic (exact) mass is 216 g/mol. The van der Waals surface area contributed by atoms with Gasteiger partial charge in [0.25, 0.3) is 0 Å². The molecule has 92 valence electrons. The van der Waals surface area contributed by atoms with Gasteiger partial charge in [0.1, 0.15) is 0 Å². The van der Waals surface area contributed by atoms with Gasteiger partial charge in [-0.25, -0.2) is 0 Å². The maximum Gasteiger partial charge on any atom is 0.0593 e. The molecular formula is C12H28N2O. The summed E-state index contributed by atoms with van der Waals surface area (Å²) in [5, 5.41) is 3.43. The van der Waals surface area contributed by atoms with E-state index in [0.717, 1.165) is 32.8 Å². The molecule has 0 radical (unpaired) electrons. The van der Waals surface area contributed by atoms with E-state index in [1.165, 1.54) is 12.8 Å². The SMILES string of the molecule is CCCNCCC(C)N(C)CCOCC. The summed E-state index contributed by atoms with van der Waals surface area (Å²) in [5.41, 5.74) is 0. The largest absolute Gasteiger partial charge is 0.380 e. The Morgan fingerprint density at radius 1 is 1.27 bits per heavy atom. The molecule has 1 N–H and O–H groups in total. The molecule has 0 bridgehead atoms. The van der Waals surface area contributed by atoms with Gasteiger partial charge in [0, 0.05) is 19.2 Å². The molecule has 0 heterocycles. The molecule has 1 atom stereocenters. The Hall–Kier alpha value is -0.120. The van der Waals surface area contributed by atoms with E-state index in [9.17, 15) is 0 Å². The Kier molecular flexibility index (Phi) is 10.3. The quantitative estimate of drug-likeness (QED) is 0.563. The van der Waals surface area contributed by atoms with Crippen molar-refractivity contribution in [2.24, 2.45) is 0 Å². The van der Waals surface area contributed by atoms with Gasteiger partial charge >= 0.3 is 0 Å². The van der Waals surface area contributed by atoms with Crippen LogP contribution in [0.5, 0.6) is 0 Å². The van der Waals surface area contributed by atoms with Crippen LogP contribution >= 0.6 is 0 Å². The maximum absolute atomic E-state index is 5.34. The van der Waals surface area contributed by atoms with Gasteiger partial charge in [0.15, 0.2) is 0 Å². The van der Waals surface area contributed by atoms with Crippen LogP contribution < -0.4 is 5.32 Å². The van der Waals surface area contributed by atoms with E-state index < -0.39 is 0 Å². The summed E-state index contributed by atoms with van der Waals surface area (Å²) in [6.45, 7) is 11.5. The predicted molar refractivity (Wildman–Crippen MR) is 66.4 cm³/mol. The molecule has 0 aromatic carbocycles. The third-order valence-electron chi connectivity index (χ3n) is 2.71. The van der Waals surface area contributed by atoms with Crippen LogP contribution in [0.1, 0.15) is 33.6 Å². The Morgan fingerprint density at radius 2 is 2.00 bits per heavy atom. The van der Waals surface area contributed by atoms with E-state index in [1.54, 1.807) is 0 Å². The van der Waals surface area contributed by atoms with Crippen molar-refractivity contribution in [2.45, 2.75) is 39.7 Å². The second-order valence-corrected chi connectivity index (χ2v) is 4.07. The molecule has 3 nitrogen and oxygen atoms in total. The molecule has 3 heteroatoms. The first-order chi connectivity index (χ1) is 7.22.